The van der Waals surface area contributed by atoms with E-state index in [1.807, 2.05) is 19.9 Å². The molecular formula is C19H24N4O3. The Kier molecular flexibility index (Phi) is 5.59. The van der Waals surface area contributed by atoms with E-state index in [1.54, 1.807) is 24.4 Å². The minimum Gasteiger partial charge on any atom is -0.343 e. The van der Waals surface area contributed by atoms with Gasteiger partial charge in [-0.3, -0.25) is 14.9 Å². The van der Waals surface area contributed by atoms with Gasteiger partial charge in [-0.15, -0.1) is 0 Å². The van der Waals surface area contributed by atoms with Gasteiger partial charge < -0.3 is 4.57 Å². The van der Waals surface area contributed by atoms with E-state index < -0.39 is 10.8 Å². The molecular weight excluding hydrogens is 332 g/mol. The van der Waals surface area contributed by atoms with Crippen molar-refractivity contribution in [1.82, 2.24) is 9.99 Å². The second kappa shape index (κ2) is 7.51. The van der Waals surface area contributed by atoms with Crippen LogP contribution in [0.1, 0.15) is 43.3 Å². The number of carbonyl (C=O) groups is 1. The van der Waals surface area contributed by atoms with Gasteiger partial charge in [-0.05, 0) is 40.7 Å². The molecule has 1 aromatic carbocycles. The fraction of sp³-hybridized carbons (Fsp3) is 0.368. The van der Waals surface area contributed by atoms with Gasteiger partial charge in [0.2, 0.25) is 5.91 Å². The van der Waals surface area contributed by atoms with Gasteiger partial charge in [0.25, 0.3) is 5.69 Å². The maximum Gasteiger partial charge on any atom is 0.273 e. The van der Waals surface area contributed by atoms with Crippen LogP contribution < -0.4 is 5.43 Å². The molecule has 0 atom stereocenters. The van der Waals surface area contributed by atoms with E-state index >= 15 is 0 Å². The lowest BCUT2D eigenvalue weighted by atomic mass is 10.1. The third kappa shape index (κ3) is 4.36. The molecule has 0 saturated heterocycles. The number of nitrogens with one attached hydrogen (secondary N) is 1. The first-order chi connectivity index (χ1) is 12.1. The van der Waals surface area contributed by atoms with Gasteiger partial charge in [-0.1, -0.05) is 18.2 Å². The molecule has 0 radical (unpaired) electrons. The Bertz CT molecular complexity index is 860. The molecule has 7 heteroatoms. The third-order valence-electron chi connectivity index (χ3n) is 4.07. The maximum atomic E-state index is 12.0. The van der Waals surface area contributed by atoms with Crippen LogP contribution >= 0.6 is 0 Å². The Morgan fingerprint density at radius 3 is 2.54 bits per heavy atom. The minimum absolute atomic E-state index is 0.0459. The fourth-order valence-corrected chi connectivity index (χ4v) is 3.18. The summed E-state index contributed by atoms with van der Waals surface area (Å²) in [6.45, 7) is 10.4. The summed E-state index contributed by atoms with van der Waals surface area (Å²) in [5.74, 6) is -0.403. The number of aromatic nitrogens is 1. The number of nitro benzene ring substituents is 1. The second-order valence-corrected chi connectivity index (χ2v) is 7.19. The molecule has 0 saturated carbocycles. The van der Waals surface area contributed by atoms with Crippen molar-refractivity contribution < 1.29 is 9.72 Å². The van der Waals surface area contributed by atoms with Crippen molar-refractivity contribution in [2.45, 2.75) is 46.6 Å². The highest BCUT2D eigenvalue weighted by molar-refractivity contribution is 5.85. The lowest BCUT2D eigenvalue weighted by Crippen LogP contribution is -2.24. The number of benzene rings is 1. The first kappa shape index (κ1) is 19.4. The number of amides is 1. The minimum atomic E-state index is -0.493. The topological polar surface area (TPSA) is 89.5 Å². The number of rotatable bonds is 5. The lowest BCUT2D eigenvalue weighted by molar-refractivity contribution is -0.385. The summed E-state index contributed by atoms with van der Waals surface area (Å²) in [4.78, 5) is 22.5. The van der Waals surface area contributed by atoms with Crippen molar-refractivity contribution in [3.63, 3.8) is 0 Å². The van der Waals surface area contributed by atoms with E-state index in [0.29, 0.717) is 5.56 Å². The van der Waals surface area contributed by atoms with Gasteiger partial charge in [-0.25, -0.2) is 5.43 Å². The molecule has 7 nitrogen and oxygen atoms in total. The summed E-state index contributed by atoms with van der Waals surface area (Å²) < 4.78 is 2.21. The quantitative estimate of drug-likeness (QED) is 0.505. The maximum absolute atomic E-state index is 12.0. The smallest absolute Gasteiger partial charge is 0.273 e. The zero-order valence-electron chi connectivity index (χ0n) is 15.7. The molecule has 0 spiro atoms. The summed E-state index contributed by atoms with van der Waals surface area (Å²) in [6.07, 6.45) is 1.50. The molecule has 0 unspecified atom stereocenters. The van der Waals surface area contributed by atoms with Crippen molar-refractivity contribution in [3.8, 4) is 0 Å². The highest BCUT2D eigenvalue weighted by Crippen LogP contribution is 2.23. The molecule has 0 aliphatic heterocycles. The Hall–Kier alpha value is -2.96. The summed E-state index contributed by atoms with van der Waals surface area (Å²) in [5, 5.41) is 15.0. The SMILES string of the molecule is Cc1cc(/C=N/NC(=O)Cc2ccccc2[N+](=O)[O-])c(C)n1C(C)(C)C. The van der Waals surface area contributed by atoms with E-state index in [-0.39, 0.29) is 17.6 Å². The Morgan fingerprint density at radius 1 is 1.31 bits per heavy atom. The summed E-state index contributed by atoms with van der Waals surface area (Å²) in [7, 11) is 0. The molecule has 26 heavy (non-hydrogen) atoms. The summed E-state index contributed by atoms with van der Waals surface area (Å²) in [5.41, 5.74) is 5.78. The van der Waals surface area contributed by atoms with E-state index in [0.717, 1.165) is 17.0 Å². The standard InChI is InChI=1S/C19H24N4O3/c1-13-10-16(14(2)22(13)19(3,4)5)12-20-21-18(24)11-15-8-6-7-9-17(15)23(25)26/h6-10,12H,11H2,1-5H3,(H,21,24)/b20-12+. The van der Waals surface area contributed by atoms with Crippen LogP contribution in [0.4, 0.5) is 5.69 Å². The predicted molar refractivity (Wildman–Crippen MR) is 101 cm³/mol. The molecule has 0 aliphatic carbocycles. The van der Waals surface area contributed by atoms with Crippen LogP contribution in [0, 0.1) is 24.0 Å². The summed E-state index contributed by atoms with van der Waals surface area (Å²) >= 11 is 0. The van der Waals surface area contributed by atoms with Crippen LogP contribution in [0.5, 0.6) is 0 Å². The predicted octanol–water partition coefficient (Wildman–Crippen LogP) is 3.46. The summed E-state index contributed by atoms with van der Waals surface area (Å²) in [6, 6.07) is 8.20. The van der Waals surface area contributed by atoms with Crippen LogP contribution in [0.25, 0.3) is 0 Å². The van der Waals surface area contributed by atoms with Gasteiger partial charge in [0, 0.05) is 34.1 Å². The molecule has 138 valence electrons. The van der Waals surface area contributed by atoms with Gasteiger partial charge in [0.05, 0.1) is 17.6 Å². The van der Waals surface area contributed by atoms with Crippen LogP contribution in [-0.4, -0.2) is 21.6 Å². The van der Waals surface area contributed by atoms with Crippen molar-refractivity contribution >= 4 is 17.8 Å². The van der Waals surface area contributed by atoms with Crippen LogP contribution in [0.3, 0.4) is 0 Å². The van der Waals surface area contributed by atoms with E-state index in [9.17, 15) is 14.9 Å². The van der Waals surface area contributed by atoms with E-state index in [1.165, 1.54) is 6.07 Å². The number of hydrogen-bond acceptors (Lipinski definition) is 4. The number of hydrogen-bond donors (Lipinski definition) is 1. The largest absolute Gasteiger partial charge is 0.343 e. The second-order valence-electron chi connectivity index (χ2n) is 7.19. The van der Waals surface area contributed by atoms with Crippen LogP contribution in [-0.2, 0) is 16.8 Å². The molecule has 0 aliphatic rings. The highest BCUT2D eigenvalue weighted by Gasteiger charge is 2.19. The van der Waals surface area contributed by atoms with Crippen molar-refractivity contribution in [1.29, 1.82) is 0 Å². The van der Waals surface area contributed by atoms with Gasteiger partial charge in [-0.2, -0.15) is 5.10 Å². The molecule has 0 fully saturated rings. The third-order valence-corrected chi connectivity index (χ3v) is 4.07. The monoisotopic (exact) mass is 356 g/mol. The first-order valence-corrected chi connectivity index (χ1v) is 8.35. The average Bonchev–Trinajstić information content (AvgIpc) is 2.81. The average molecular weight is 356 g/mol. The number of aryl methyl sites for hydroxylation is 1. The number of carbonyl (C=O) groups excluding carboxylic acids is 1. The normalized spacial score (nSPS) is 11.7. The van der Waals surface area contributed by atoms with Gasteiger partial charge >= 0.3 is 0 Å². The fourth-order valence-electron chi connectivity index (χ4n) is 3.18. The Labute approximate surface area is 152 Å². The zero-order valence-corrected chi connectivity index (χ0v) is 15.7. The zero-order chi connectivity index (χ0) is 19.5. The molecule has 0 bridgehead atoms. The molecule has 1 aromatic heterocycles. The lowest BCUT2D eigenvalue weighted by Gasteiger charge is -2.25. The van der Waals surface area contributed by atoms with Crippen molar-refractivity contribution in [2.75, 3.05) is 0 Å². The molecule has 2 rings (SSSR count). The first-order valence-electron chi connectivity index (χ1n) is 8.35. The Morgan fingerprint density at radius 2 is 1.96 bits per heavy atom. The number of nitrogens with zero attached hydrogens (tertiary/aromatic N) is 3. The van der Waals surface area contributed by atoms with E-state index in [2.05, 4.69) is 35.9 Å². The van der Waals surface area contributed by atoms with Gasteiger partial charge in [0.1, 0.15) is 0 Å². The highest BCUT2D eigenvalue weighted by atomic mass is 16.6. The van der Waals surface area contributed by atoms with Crippen LogP contribution in [0.15, 0.2) is 35.4 Å². The van der Waals surface area contributed by atoms with Gasteiger partial charge in [0.15, 0.2) is 0 Å². The molecule has 1 amide bonds. The number of para-hydroxylation sites is 1. The van der Waals surface area contributed by atoms with Crippen LogP contribution in [0.2, 0.25) is 0 Å². The molecule has 1 N–H and O–H groups in total. The molecule has 1 heterocycles. The van der Waals surface area contributed by atoms with E-state index in [4.69, 9.17) is 0 Å². The van der Waals surface area contributed by atoms with Crippen molar-refractivity contribution in [3.05, 3.63) is 63.0 Å². The van der Waals surface area contributed by atoms with Crippen molar-refractivity contribution in [2.24, 2.45) is 5.10 Å². The number of nitro groups is 1. The molecule has 2 aromatic rings. The Balaban J connectivity index is 2.08. The number of hydrazone groups is 1.